The van der Waals surface area contributed by atoms with Crippen molar-refractivity contribution in [2.75, 3.05) is 52.4 Å². The number of unbranched alkanes of at least 4 members (excludes halogenated alkanes) is 1. The minimum Gasteiger partial charge on any atom is -0.444 e. The number of rotatable bonds is 17. The molecule has 0 fully saturated rings. The Kier molecular flexibility index (Phi) is 18.3. The van der Waals surface area contributed by atoms with Crippen molar-refractivity contribution in [2.24, 2.45) is 0 Å². The first-order valence-electron chi connectivity index (χ1n) is 15.3. The predicted molar refractivity (Wildman–Crippen MR) is 165 cm³/mol. The van der Waals surface area contributed by atoms with Crippen molar-refractivity contribution in [3.8, 4) is 12.1 Å². The van der Waals surface area contributed by atoms with Crippen LogP contribution < -0.4 is 5.32 Å². The number of carbonyl (C=O) groups excluding carboxylic acids is 3. The third-order valence-corrected chi connectivity index (χ3v) is 5.66. The molecule has 0 atom stereocenters. The summed E-state index contributed by atoms with van der Waals surface area (Å²) in [5, 5.41) is 20.6. The van der Waals surface area contributed by atoms with Crippen molar-refractivity contribution < 1.29 is 28.6 Å². The summed E-state index contributed by atoms with van der Waals surface area (Å²) >= 11 is 0. The number of carbonyl (C=O) groups is 3. The fourth-order valence-corrected chi connectivity index (χ4v) is 3.86. The number of hydrogen-bond acceptors (Lipinski definition) is 9. The van der Waals surface area contributed by atoms with Gasteiger partial charge in [0.2, 0.25) is 0 Å². The quantitative estimate of drug-likeness (QED) is 0.163. The van der Waals surface area contributed by atoms with Crippen LogP contribution in [0.5, 0.6) is 0 Å². The van der Waals surface area contributed by atoms with Crippen molar-refractivity contribution in [2.45, 2.75) is 118 Å². The summed E-state index contributed by atoms with van der Waals surface area (Å²) in [5.74, 6) is 0. The molecule has 0 aromatic heterocycles. The minimum absolute atomic E-state index is 0.348. The van der Waals surface area contributed by atoms with Gasteiger partial charge in [-0.05, 0) is 94.5 Å². The zero-order valence-electron chi connectivity index (χ0n) is 28.1. The van der Waals surface area contributed by atoms with Gasteiger partial charge in [0.25, 0.3) is 0 Å². The van der Waals surface area contributed by atoms with E-state index >= 15 is 0 Å². The van der Waals surface area contributed by atoms with Gasteiger partial charge in [-0.2, -0.15) is 10.5 Å². The second-order valence-corrected chi connectivity index (χ2v) is 13.4. The van der Waals surface area contributed by atoms with E-state index in [0.29, 0.717) is 90.9 Å². The summed E-state index contributed by atoms with van der Waals surface area (Å²) in [6, 6.07) is 4.28. The molecule has 0 heterocycles. The molecule has 0 aliphatic carbocycles. The van der Waals surface area contributed by atoms with E-state index < -0.39 is 35.1 Å². The topological polar surface area (TPSA) is 148 Å². The van der Waals surface area contributed by atoms with Gasteiger partial charge >= 0.3 is 18.3 Å². The largest absolute Gasteiger partial charge is 0.444 e. The Balaban J connectivity index is 5.14. The van der Waals surface area contributed by atoms with Crippen LogP contribution in [0.1, 0.15) is 101 Å². The van der Waals surface area contributed by atoms with Gasteiger partial charge in [0, 0.05) is 58.7 Å². The van der Waals surface area contributed by atoms with Gasteiger partial charge in [-0.1, -0.05) is 0 Å². The SMILES string of the molecule is CC(C)(C)OC(=O)NCCCN(CCCCN(CCCN(CCC#N)CCC#N)C(=O)OC(C)(C)C)C(=O)OC(C)(C)C. The Morgan fingerprint density at radius 2 is 0.977 bits per heavy atom. The number of amides is 3. The van der Waals surface area contributed by atoms with E-state index in [4.69, 9.17) is 24.7 Å². The van der Waals surface area contributed by atoms with Gasteiger partial charge in [0.1, 0.15) is 16.8 Å². The summed E-state index contributed by atoms with van der Waals surface area (Å²) in [4.78, 5) is 43.2. The summed E-state index contributed by atoms with van der Waals surface area (Å²) in [6.07, 6.45) is 1.90. The normalized spacial score (nSPS) is 11.7. The van der Waals surface area contributed by atoms with Crippen molar-refractivity contribution in [1.29, 1.82) is 10.5 Å². The van der Waals surface area contributed by atoms with E-state index in [1.165, 1.54) is 0 Å². The molecule has 0 aliphatic rings. The van der Waals surface area contributed by atoms with Crippen molar-refractivity contribution in [3.05, 3.63) is 0 Å². The molecular weight excluding hydrogens is 552 g/mol. The molecule has 43 heavy (non-hydrogen) atoms. The molecule has 0 radical (unpaired) electrons. The zero-order valence-corrected chi connectivity index (χ0v) is 28.1. The van der Waals surface area contributed by atoms with Crippen LogP contribution in [0.25, 0.3) is 0 Å². The number of nitrogens with zero attached hydrogens (tertiary/aromatic N) is 5. The van der Waals surface area contributed by atoms with Gasteiger partial charge < -0.3 is 34.2 Å². The molecule has 12 nitrogen and oxygen atoms in total. The molecule has 0 saturated heterocycles. The highest BCUT2D eigenvalue weighted by Gasteiger charge is 2.24. The lowest BCUT2D eigenvalue weighted by Gasteiger charge is -2.29. The highest BCUT2D eigenvalue weighted by Crippen LogP contribution is 2.14. The van der Waals surface area contributed by atoms with Crippen molar-refractivity contribution >= 4 is 18.3 Å². The van der Waals surface area contributed by atoms with Crippen LogP contribution in [0.2, 0.25) is 0 Å². The highest BCUT2D eigenvalue weighted by molar-refractivity contribution is 5.69. The van der Waals surface area contributed by atoms with Gasteiger partial charge in [-0.25, -0.2) is 14.4 Å². The third kappa shape index (κ3) is 23.0. The standard InChI is InChI=1S/C31H56N6O6/c1-29(2,3)41-26(38)34-18-14-24-36(27(39)42-30(4,5)6)22-10-11-23-37(28(40)43-31(7,8)9)25-15-21-35(19-12-16-32)20-13-17-33/h10-15,18-25H2,1-9H3,(H,34,38). The number of hydrogen-bond donors (Lipinski definition) is 1. The first kappa shape index (κ1) is 39.8. The smallest absolute Gasteiger partial charge is 0.410 e. The summed E-state index contributed by atoms with van der Waals surface area (Å²) < 4.78 is 16.5. The lowest BCUT2D eigenvalue weighted by Crippen LogP contribution is -2.41. The van der Waals surface area contributed by atoms with Crippen molar-refractivity contribution in [1.82, 2.24) is 20.0 Å². The molecule has 246 valence electrons. The van der Waals surface area contributed by atoms with Gasteiger partial charge in [-0.15, -0.1) is 0 Å². The Hall–Kier alpha value is -3.25. The van der Waals surface area contributed by atoms with Gasteiger partial charge in [-0.3, -0.25) is 0 Å². The lowest BCUT2D eigenvalue weighted by molar-refractivity contribution is 0.0204. The molecule has 0 unspecified atom stereocenters. The predicted octanol–water partition coefficient (Wildman–Crippen LogP) is 5.68. The second-order valence-electron chi connectivity index (χ2n) is 13.4. The molecule has 0 saturated carbocycles. The van der Waals surface area contributed by atoms with Crippen LogP contribution in [-0.4, -0.2) is 102 Å². The molecular formula is C31H56N6O6. The van der Waals surface area contributed by atoms with E-state index in [1.807, 2.05) is 41.5 Å². The molecule has 1 N–H and O–H groups in total. The zero-order chi connectivity index (χ0) is 33.1. The van der Waals surface area contributed by atoms with Crippen LogP contribution in [0, 0.1) is 22.7 Å². The van der Waals surface area contributed by atoms with Gasteiger partial charge in [0.15, 0.2) is 0 Å². The number of nitriles is 2. The van der Waals surface area contributed by atoms with Crippen molar-refractivity contribution in [3.63, 3.8) is 0 Å². The molecule has 0 spiro atoms. The molecule has 12 heteroatoms. The van der Waals surface area contributed by atoms with E-state index in [9.17, 15) is 14.4 Å². The van der Waals surface area contributed by atoms with Crippen LogP contribution in [0.4, 0.5) is 14.4 Å². The number of nitrogens with one attached hydrogen (secondary N) is 1. The van der Waals surface area contributed by atoms with E-state index in [2.05, 4.69) is 22.4 Å². The number of ether oxygens (including phenoxy) is 3. The molecule has 0 aromatic carbocycles. The Labute approximate surface area is 259 Å². The molecule has 0 bridgehead atoms. The minimum atomic E-state index is -0.647. The first-order valence-corrected chi connectivity index (χ1v) is 15.3. The maximum absolute atomic E-state index is 13.0. The highest BCUT2D eigenvalue weighted by atomic mass is 16.6. The second kappa shape index (κ2) is 19.8. The average molecular weight is 609 g/mol. The lowest BCUT2D eigenvalue weighted by atomic mass is 10.2. The molecule has 0 aliphatic heterocycles. The van der Waals surface area contributed by atoms with E-state index in [1.54, 1.807) is 30.6 Å². The third-order valence-electron chi connectivity index (χ3n) is 5.66. The maximum Gasteiger partial charge on any atom is 0.410 e. The Morgan fingerprint density at radius 1 is 0.581 bits per heavy atom. The summed E-state index contributed by atoms with van der Waals surface area (Å²) in [5.41, 5.74) is -1.87. The van der Waals surface area contributed by atoms with Crippen LogP contribution in [0.3, 0.4) is 0 Å². The monoisotopic (exact) mass is 608 g/mol. The van der Waals surface area contributed by atoms with Crippen LogP contribution >= 0.6 is 0 Å². The Bertz CT molecular complexity index is 906. The summed E-state index contributed by atoms with van der Waals surface area (Å²) in [7, 11) is 0. The maximum atomic E-state index is 13.0. The number of alkyl carbamates (subject to hydrolysis) is 1. The molecule has 0 rings (SSSR count). The fourth-order valence-electron chi connectivity index (χ4n) is 3.86. The van der Waals surface area contributed by atoms with Crippen LogP contribution in [0.15, 0.2) is 0 Å². The fraction of sp³-hybridized carbons (Fsp3) is 0.839. The van der Waals surface area contributed by atoms with Crippen LogP contribution in [-0.2, 0) is 14.2 Å². The van der Waals surface area contributed by atoms with E-state index in [0.717, 1.165) is 0 Å². The summed E-state index contributed by atoms with van der Waals surface area (Å²) in [6.45, 7) is 20.2. The molecule has 0 aromatic rings. The Morgan fingerprint density at radius 3 is 1.37 bits per heavy atom. The average Bonchev–Trinajstić information content (AvgIpc) is 2.84. The van der Waals surface area contributed by atoms with Gasteiger partial charge in [0.05, 0.1) is 12.1 Å². The van der Waals surface area contributed by atoms with E-state index in [-0.39, 0.29) is 0 Å². The molecule has 3 amide bonds. The first-order chi connectivity index (χ1) is 19.9.